The van der Waals surface area contributed by atoms with Crippen LogP contribution in [-0.2, 0) is 31.8 Å². The monoisotopic (exact) mass is 671 g/mol. The molecule has 0 saturated heterocycles. The summed E-state index contributed by atoms with van der Waals surface area (Å²) < 4.78 is 70.9. The number of hydrogen-bond acceptors (Lipinski definition) is 6. The Bertz CT molecular complexity index is 1710. The van der Waals surface area contributed by atoms with Crippen molar-refractivity contribution in [1.29, 1.82) is 0 Å². The van der Waals surface area contributed by atoms with Crippen LogP contribution in [0.25, 0.3) is 10.8 Å². The Morgan fingerprint density at radius 1 is 1.00 bits per heavy atom. The van der Waals surface area contributed by atoms with Crippen LogP contribution in [0.1, 0.15) is 73.9 Å². The van der Waals surface area contributed by atoms with Gasteiger partial charge in [0.1, 0.15) is 24.2 Å². The van der Waals surface area contributed by atoms with E-state index < -0.39 is 58.6 Å². The van der Waals surface area contributed by atoms with Gasteiger partial charge < -0.3 is 24.6 Å². The lowest BCUT2D eigenvalue weighted by Gasteiger charge is -2.63. The van der Waals surface area contributed by atoms with Crippen LogP contribution in [0.15, 0.2) is 54.6 Å². The van der Waals surface area contributed by atoms with Crippen molar-refractivity contribution in [2.24, 2.45) is 17.3 Å². The number of aliphatic carboxylic acids is 1. The van der Waals surface area contributed by atoms with Crippen LogP contribution < -0.4 is 10.1 Å². The topological polar surface area (TPSA) is 111 Å². The summed E-state index contributed by atoms with van der Waals surface area (Å²) in [5.41, 5.74) is -1.98. The number of rotatable bonds is 11. The number of benzene rings is 3. The zero-order valence-corrected chi connectivity index (χ0v) is 26.6. The number of halogens is 4. The molecule has 7 rings (SSSR count). The minimum Gasteiger partial charge on any atom is -0.487 e. The summed E-state index contributed by atoms with van der Waals surface area (Å²) in [7, 11) is 0. The quantitative estimate of drug-likeness (QED) is 0.166. The summed E-state index contributed by atoms with van der Waals surface area (Å²) in [6.45, 7) is 3.35. The van der Waals surface area contributed by atoms with E-state index >= 15 is 0 Å². The molecule has 0 aliphatic heterocycles. The van der Waals surface area contributed by atoms with E-state index in [1.54, 1.807) is 13.8 Å². The van der Waals surface area contributed by atoms with Gasteiger partial charge in [-0.1, -0.05) is 18.2 Å². The number of fused-ring (bicyclic) bond motifs is 1. The number of hydrogen-bond donors (Lipinski definition) is 2. The summed E-state index contributed by atoms with van der Waals surface area (Å²) >= 11 is 0. The molecule has 0 aromatic heterocycles. The summed E-state index contributed by atoms with van der Waals surface area (Å²) in [5, 5.41) is 14.1. The second kappa shape index (κ2) is 12.7. The first-order chi connectivity index (χ1) is 22.7. The molecule has 1 amide bonds. The average molecular weight is 672 g/mol. The van der Waals surface area contributed by atoms with Gasteiger partial charge in [0, 0.05) is 10.8 Å². The number of carboxylic acid groups (broad SMARTS) is 1. The zero-order chi connectivity index (χ0) is 34.4. The Morgan fingerprint density at radius 2 is 1.69 bits per heavy atom. The van der Waals surface area contributed by atoms with Crippen molar-refractivity contribution in [3.63, 3.8) is 0 Å². The van der Waals surface area contributed by atoms with Crippen LogP contribution >= 0.6 is 0 Å². The van der Waals surface area contributed by atoms with Crippen molar-refractivity contribution >= 4 is 28.6 Å². The molecule has 4 saturated carbocycles. The SMILES string of the molecule is CCOC(=O)[C@H](C)OC12CC3CC(C1)CC([C@H](NC(=O)c1ccc4cc(F)ccc4c1OCc1ccc(C(F)(F)F)cc1)C(=O)O)(C3)C2. The van der Waals surface area contributed by atoms with Crippen LogP contribution in [-0.4, -0.2) is 47.3 Å². The summed E-state index contributed by atoms with van der Waals surface area (Å²) in [6.07, 6.45) is -1.53. The molecule has 4 fully saturated rings. The van der Waals surface area contributed by atoms with E-state index in [0.29, 0.717) is 48.4 Å². The van der Waals surface area contributed by atoms with E-state index in [2.05, 4.69) is 5.32 Å². The number of ether oxygens (including phenoxy) is 3. The molecule has 0 radical (unpaired) electrons. The highest BCUT2D eigenvalue weighted by Gasteiger charge is 2.63. The second-order valence-corrected chi connectivity index (χ2v) is 13.6. The Morgan fingerprint density at radius 3 is 2.31 bits per heavy atom. The standard InChI is InChI=1S/C36H37F4NO7/c1-3-46-33(45)20(2)48-35-16-22-12-23(17-35)15-34(14-22,19-35)30(32(43)44)41-31(42)28-10-6-24-13-26(37)9-11-27(24)29(28)47-18-21-4-7-25(8-5-21)36(38,39)40/h4-11,13,20,22-23,30H,3,12,14-19H2,1-2H3,(H,41,42)(H,43,44)/t20-,22?,23?,30+,34?,35?/m0/s1. The number of esters is 1. The molecule has 2 unspecified atom stereocenters. The molecule has 0 heterocycles. The average Bonchev–Trinajstić information content (AvgIpc) is 3.01. The molecule has 0 spiro atoms. The molecule has 4 bridgehead atoms. The van der Waals surface area contributed by atoms with Crippen molar-refractivity contribution < 1.29 is 51.3 Å². The predicted octanol–water partition coefficient (Wildman–Crippen LogP) is 7.07. The van der Waals surface area contributed by atoms with Crippen molar-refractivity contribution in [1.82, 2.24) is 5.32 Å². The fourth-order valence-electron chi connectivity index (χ4n) is 8.64. The smallest absolute Gasteiger partial charge is 0.416 e. The fraction of sp³-hybridized carbons (Fsp3) is 0.472. The summed E-state index contributed by atoms with van der Waals surface area (Å²) in [5.74, 6) is -2.55. The zero-order valence-electron chi connectivity index (χ0n) is 26.6. The van der Waals surface area contributed by atoms with Gasteiger partial charge in [0.2, 0.25) is 0 Å². The normalized spacial score (nSPS) is 25.8. The van der Waals surface area contributed by atoms with E-state index in [1.807, 2.05) is 0 Å². The van der Waals surface area contributed by atoms with Gasteiger partial charge in [0.05, 0.1) is 23.3 Å². The van der Waals surface area contributed by atoms with Crippen LogP contribution in [0.3, 0.4) is 0 Å². The molecule has 256 valence electrons. The molecule has 3 aromatic rings. The van der Waals surface area contributed by atoms with Crippen molar-refractivity contribution in [3.05, 3.63) is 77.1 Å². The van der Waals surface area contributed by atoms with Crippen molar-refractivity contribution in [3.8, 4) is 5.75 Å². The van der Waals surface area contributed by atoms with Gasteiger partial charge >= 0.3 is 18.1 Å². The van der Waals surface area contributed by atoms with E-state index in [0.717, 1.165) is 18.6 Å². The molecule has 2 N–H and O–H groups in total. The number of amides is 1. The predicted molar refractivity (Wildman–Crippen MR) is 166 cm³/mol. The number of carboxylic acids is 1. The Labute approximate surface area is 274 Å². The number of nitrogens with one attached hydrogen (secondary N) is 1. The lowest BCUT2D eigenvalue weighted by Crippen LogP contribution is -2.65. The molecule has 4 aliphatic carbocycles. The maximum Gasteiger partial charge on any atom is 0.416 e. The first kappa shape index (κ1) is 33.7. The van der Waals surface area contributed by atoms with Gasteiger partial charge in [-0.25, -0.2) is 14.0 Å². The first-order valence-corrected chi connectivity index (χ1v) is 16.1. The van der Waals surface area contributed by atoms with Gasteiger partial charge in [-0.15, -0.1) is 0 Å². The Hall–Kier alpha value is -4.19. The van der Waals surface area contributed by atoms with Crippen LogP contribution in [0.4, 0.5) is 17.6 Å². The van der Waals surface area contributed by atoms with E-state index in [1.165, 1.54) is 42.5 Å². The summed E-state index contributed by atoms with van der Waals surface area (Å²) in [4.78, 5) is 39.4. The highest BCUT2D eigenvalue weighted by Crippen LogP contribution is 2.64. The third kappa shape index (κ3) is 6.59. The van der Waals surface area contributed by atoms with Crippen LogP contribution in [0.2, 0.25) is 0 Å². The van der Waals surface area contributed by atoms with Crippen molar-refractivity contribution in [2.45, 2.75) is 82.9 Å². The molecule has 48 heavy (non-hydrogen) atoms. The number of alkyl halides is 3. The highest BCUT2D eigenvalue weighted by molar-refractivity contribution is 6.05. The first-order valence-electron chi connectivity index (χ1n) is 16.1. The van der Waals surface area contributed by atoms with Gasteiger partial charge in [-0.05, 0) is 112 Å². The van der Waals surface area contributed by atoms with E-state index in [4.69, 9.17) is 14.2 Å². The molecule has 8 nitrogen and oxygen atoms in total. The third-order valence-corrected chi connectivity index (χ3v) is 10.1. The van der Waals surface area contributed by atoms with Crippen LogP contribution in [0.5, 0.6) is 5.75 Å². The van der Waals surface area contributed by atoms with E-state index in [9.17, 15) is 37.1 Å². The molecular formula is C36H37F4NO7. The highest BCUT2D eigenvalue weighted by atomic mass is 19.4. The Kier molecular flexibility index (Phi) is 8.91. The van der Waals surface area contributed by atoms with Crippen molar-refractivity contribution in [2.75, 3.05) is 6.61 Å². The lowest BCUT2D eigenvalue weighted by molar-refractivity contribution is -0.224. The lowest BCUT2D eigenvalue weighted by atomic mass is 9.46. The van der Waals surface area contributed by atoms with Gasteiger partial charge in [-0.2, -0.15) is 13.2 Å². The maximum absolute atomic E-state index is 14.1. The second-order valence-electron chi connectivity index (χ2n) is 13.6. The van der Waals surface area contributed by atoms with Gasteiger partial charge in [0.25, 0.3) is 5.91 Å². The molecule has 4 atom stereocenters. The summed E-state index contributed by atoms with van der Waals surface area (Å²) in [6, 6.07) is 9.93. The number of carbonyl (C=O) groups is 3. The van der Waals surface area contributed by atoms with Crippen LogP contribution in [0, 0.1) is 23.1 Å². The molecule has 3 aromatic carbocycles. The maximum atomic E-state index is 14.1. The third-order valence-electron chi connectivity index (χ3n) is 10.1. The van der Waals surface area contributed by atoms with Gasteiger partial charge in [0.15, 0.2) is 6.10 Å². The molecule has 12 heteroatoms. The van der Waals surface area contributed by atoms with Gasteiger partial charge in [-0.3, -0.25) is 4.79 Å². The Balaban J connectivity index is 1.29. The minimum atomic E-state index is -4.51. The minimum absolute atomic E-state index is 0.00102. The largest absolute Gasteiger partial charge is 0.487 e. The molecule has 4 aliphatic rings. The fourth-order valence-corrected chi connectivity index (χ4v) is 8.64. The van der Waals surface area contributed by atoms with E-state index in [-0.39, 0.29) is 36.4 Å². The molecular weight excluding hydrogens is 634 g/mol. The number of carbonyl (C=O) groups excluding carboxylic acids is 2.